The smallest absolute Gasteiger partial charge is 0.237 e. The molecule has 1 fully saturated rings. The Bertz CT molecular complexity index is 933. The minimum absolute atomic E-state index is 0.281. The van der Waals surface area contributed by atoms with Crippen molar-refractivity contribution < 1.29 is 13.2 Å². The lowest BCUT2D eigenvalue weighted by Crippen LogP contribution is -2.43. The number of aromatic nitrogens is 2. The maximum Gasteiger partial charge on any atom is 0.237 e. The highest BCUT2D eigenvalue weighted by Gasteiger charge is 2.33. The third kappa shape index (κ3) is 3.47. The number of hydrogen-bond acceptors (Lipinski definition) is 4. The van der Waals surface area contributed by atoms with Crippen LogP contribution in [0, 0.1) is 0 Å². The summed E-state index contributed by atoms with van der Waals surface area (Å²) in [5, 5.41) is 4.19. The third-order valence-corrected chi connectivity index (χ3v) is 6.67. The van der Waals surface area contributed by atoms with Gasteiger partial charge in [-0.3, -0.25) is 4.68 Å². The normalized spacial score (nSPS) is 23.3. The van der Waals surface area contributed by atoms with Crippen molar-refractivity contribution in [2.24, 2.45) is 7.05 Å². The van der Waals surface area contributed by atoms with Gasteiger partial charge in [-0.2, -0.15) is 5.10 Å². The van der Waals surface area contributed by atoms with Crippen LogP contribution >= 0.6 is 0 Å². The van der Waals surface area contributed by atoms with Gasteiger partial charge in [0, 0.05) is 25.4 Å². The minimum Gasteiger partial charge on any atom is -0.372 e. The number of benzene rings is 1. The number of ether oxygens (including phenoxy) is 1. The first-order valence-electron chi connectivity index (χ1n) is 8.94. The van der Waals surface area contributed by atoms with Crippen molar-refractivity contribution in [1.82, 2.24) is 14.5 Å². The second-order valence-corrected chi connectivity index (χ2v) is 8.69. The van der Waals surface area contributed by atoms with Crippen molar-refractivity contribution in [3.63, 3.8) is 0 Å². The van der Waals surface area contributed by atoms with Gasteiger partial charge in [0.1, 0.15) is 6.10 Å². The Hall–Kier alpha value is -1.96. The molecule has 1 aliphatic carbocycles. The molecule has 0 spiro atoms. The molecule has 6 nitrogen and oxygen atoms in total. The second-order valence-electron chi connectivity index (χ2n) is 6.92. The zero-order valence-electron chi connectivity index (χ0n) is 14.8. The quantitative estimate of drug-likeness (QED) is 0.894. The van der Waals surface area contributed by atoms with Gasteiger partial charge in [-0.25, -0.2) is 13.1 Å². The summed E-state index contributed by atoms with van der Waals surface area (Å²) in [5.41, 5.74) is 3.09. The molecule has 26 heavy (non-hydrogen) atoms. The Balaban J connectivity index is 1.58. The van der Waals surface area contributed by atoms with E-state index in [9.17, 15) is 8.42 Å². The van der Waals surface area contributed by atoms with Gasteiger partial charge in [0.05, 0.1) is 17.1 Å². The summed E-state index contributed by atoms with van der Waals surface area (Å²) >= 11 is 0. The van der Waals surface area contributed by atoms with Crippen molar-refractivity contribution in [3.8, 4) is 0 Å². The molecular formula is C19H23N3O3S. The Morgan fingerprint density at radius 1 is 1.27 bits per heavy atom. The topological polar surface area (TPSA) is 73.2 Å². The summed E-state index contributed by atoms with van der Waals surface area (Å²) in [4.78, 5) is 0.451. The van der Waals surface area contributed by atoms with Gasteiger partial charge in [-0.15, -0.1) is 0 Å². The minimum atomic E-state index is -3.56. The lowest BCUT2D eigenvalue weighted by atomic mass is 9.98. The van der Waals surface area contributed by atoms with Crippen LogP contribution in [-0.4, -0.2) is 30.8 Å². The molecule has 0 saturated carbocycles. The van der Waals surface area contributed by atoms with Crippen LogP contribution in [0.5, 0.6) is 0 Å². The largest absolute Gasteiger partial charge is 0.372 e. The number of fused-ring (bicyclic) bond motifs is 1. The van der Waals surface area contributed by atoms with E-state index in [1.54, 1.807) is 17.0 Å². The van der Waals surface area contributed by atoms with Crippen LogP contribution in [0.1, 0.15) is 42.1 Å². The van der Waals surface area contributed by atoms with E-state index in [1.165, 1.54) is 5.56 Å². The summed E-state index contributed by atoms with van der Waals surface area (Å²) in [5.74, 6) is 0. The molecule has 0 radical (unpaired) electrons. The van der Waals surface area contributed by atoms with E-state index in [2.05, 4.69) is 15.9 Å². The Kier molecular flexibility index (Phi) is 4.69. The van der Waals surface area contributed by atoms with Crippen LogP contribution in [-0.2, 0) is 28.2 Å². The van der Waals surface area contributed by atoms with E-state index >= 15 is 0 Å². The first-order chi connectivity index (χ1) is 12.5. The molecule has 138 valence electrons. The maximum absolute atomic E-state index is 13.0. The van der Waals surface area contributed by atoms with Crippen molar-refractivity contribution in [2.75, 3.05) is 6.61 Å². The van der Waals surface area contributed by atoms with E-state index in [0.717, 1.165) is 30.4 Å². The molecule has 0 amide bonds. The summed E-state index contributed by atoms with van der Waals surface area (Å²) in [7, 11) is -1.71. The van der Waals surface area contributed by atoms with Gasteiger partial charge in [-0.05, 0) is 42.9 Å². The number of hydrogen-bond donors (Lipinski definition) is 1. The van der Waals surface area contributed by atoms with Gasteiger partial charge in [0.15, 0.2) is 0 Å². The molecule has 0 unspecified atom stereocenters. The third-order valence-electron chi connectivity index (χ3n) is 5.04. The number of aryl methyl sites for hydroxylation is 2. The van der Waals surface area contributed by atoms with E-state index in [0.29, 0.717) is 17.9 Å². The molecule has 1 aromatic carbocycles. The molecule has 1 aromatic heterocycles. The zero-order chi connectivity index (χ0) is 18.1. The van der Waals surface area contributed by atoms with E-state index in [4.69, 9.17) is 4.74 Å². The first kappa shape index (κ1) is 17.5. The van der Waals surface area contributed by atoms with Crippen molar-refractivity contribution in [1.29, 1.82) is 0 Å². The van der Waals surface area contributed by atoms with Crippen LogP contribution in [0.15, 0.2) is 41.6 Å². The fraction of sp³-hybridized carbons (Fsp3) is 0.421. The second kappa shape index (κ2) is 6.98. The molecular weight excluding hydrogens is 350 g/mol. The summed E-state index contributed by atoms with van der Waals surface area (Å²) in [6, 6.07) is 7.66. The number of nitrogens with zero attached hydrogens (tertiary/aromatic N) is 2. The van der Waals surface area contributed by atoms with Crippen LogP contribution < -0.4 is 4.72 Å². The van der Waals surface area contributed by atoms with Crippen molar-refractivity contribution in [2.45, 2.75) is 37.8 Å². The molecule has 2 aliphatic rings. The molecule has 1 saturated heterocycles. The average molecular weight is 373 g/mol. The first-order valence-corrected chi connectivity index (χ1v) is 10.4. The highest BCUT2D eigenvalue weighted by atomic mass is 32.2. The maximum atomic E-state index is 13.0. The van der Waals surface area contributed by atoms with Crippen molar-refractivity contribution >= 4 is 16.1 Å². The van der Waals surface area contributed by atoms with Crippen LogP contribution in [0.3, 0.4) is 0 Å². The molecule has 2 heterocycles. The standard InChI is InChI=1S/C19H23N3O3S/c1-22-13-16(12-20-22)19-18(7-4-10-25-19)21-26(23,24)17-9-8-14-5-2-3-6-15(14)11-17/h2-3,5-6,11-13,18-19,21H,4,7-10H2,1H3/t18-,19+/m0/s1. The number of sulfonamides is 1. The lowest BCUT2D eigenvalue weighted by molar-refractivity contribution is -0.00440. The van der Waals surface area contributed by atoms with E-state index in [-0.39, 0.29) is 12.1 Å². The molecule has 1 aliphatic heterocycles. The summed E-state index contributed by atoms with van der Waals surface area (Å²) < 4.78 is 36.5. The van der Waals surface area contributed by atoms with E-state index < -0.39 is 10.0 Å². The predicted molar refractivity (Wildman–Crippen MR) is 99.7 cm³/mol. The summed E-state index contributed by atoms with van der Waals surface area (Å²) in [6.45, 7) is 0.633. The van der Waals surface area contributed by atoms with Gasteiger partial charge in [-0.1, -0.05) is 24.3 Å². The number of rotatable bonds is 4. The highest BCUT2D eigenvalue weighted by molar-refractivity contribution is 7.93. The molecule has 2 atom stereocenters. The van der Waals surface area contributed by atoms with Gasteiger partial charge >= 0.3 is 0 Å². The van der Waals surface area contributed by atoms with Gasteiger partial charge < -0.3 is 4.74 Å². The Morgan fingerprint density at radius 2 is 2.12 bits per heavy atom. The monoisotopic (exact) mass is 373 g/mol. The number of allylic oxidation sites excluding steroid dienone is 1. The SMILES string of the molecule is Cn1cc([C@H]2OCCC[C@@H]2NS(=O)(=O)C2=Cc3ccccc3CC2)cn1. The van der Waals surface area contributed by atoms with Crippen LogP contribution in [0.2, 0.25) is 0 Å². The predicted octanol–water partition coefficient (Wildman–Crippen LogP) is 2.55. The highest BCUT2D eigenvalue weighted by Crippen LogP contribution is 2.31. The lowest BCUT2D eigenvalue weighted by Gasteiger charge is -2.32. The summed E-state index contributed by atoms with van der Waals surface area (Å²) in [6.07, 6.45) is 7.98. The van der Waals surface area contributed by atoms with Crippen LogP contribution in [0.25, 0.3) is 6.08 Å². The molecule has 4 rings (SSSR count). The Morgan fingerprint density at radius 3 is 2.92 bits per heavy atom. The molecule has 1 N–H and O–H groups in total. The molecule has 2 aromatic rings. The average Bonchev–Trinajstić information content (AvgIpc) is 3.07. The fourth-order valence-corrected chi connectivity index (χ4v) is 5.15. The van der Waals surface area contributed by atoms with Gasteiger partial charge in [0.25, 0.3) is 0 Å². The van der Waals surface area contributed by atoms with Crippen LogP contribution in [0.4, 0.5) is 0 Å². The molecule has 7 heteroatoms. The number of nitrogens with one attached hydrogen (secondary N) is 1. The Labute approximate surface area is 153 Å². The van der Waals surface area contributed by atoms with Crippen molar-refractivity contribution in [3.05, 3.63) is 58.3 Å². The van der Waals surface area contributed by atoms with Gasteiger partial charge in [0.2, 0.25) is 10.0 Å². The fourth-order valence-electron chi connectivity index (χ4n) is 3.71. The van der Waals surface area contributed by atoms with E-state index in [1.807, 2.05) is 31.4 Å². The molecule has 0 bridgehead atoms. The zero-order valence-corrected chi connectivity index (χ0v) is 15.6.